The number of oxazole rings is 1. The molecule has 0 unspecified atom stereocenters. The van der Waals surface area contributed by atoms with Gasteiger partial charge in [0.15, 0.2) is 11.7 Å². The lowest BCUT2D eigenvalue weighted by Crippen LogP contribution is -2.38. The first-order valence-electron chi connectivity index (χ1n) is 7.33. The molecular formula is C16H16ClF3N2O2. The Morgan fingerprint density at radius 2 is 1.96 bits per heavy atom. The highest BCUT2D eigenvalue weighted by atomic mass is 35.5. The molecule has 1 aromatic heterocycles. The van der Waals surface area contributed by atoms with Crippen LogP contribution in [0.4, 0.5) is 13.2 Å². The van der Waals surface area contributed by atoms with Gasteiger partial charge in [-0.05, 0) is 31.2 Å². The summed E-state index contributed by atoms with van der Waals surface area (Å²) in [5.41, 5.74) is 0.775. The minimum Gasteiger partial charge on any atom is -0.441 e. The van der Waals surface area contributed by atoms with E-state index in [1.165, 1.54) is 13.1 Å². The van der Waals surface area contributed by atoms with Crippen LogP contribution in [-0.4, -0.2) is 35.1 Å². The summed E-state index contributed by atoms with van der Waals surface area (Å²) >= 11 is 5.81. The van der Waals surface area contributed by atoms with Gasteiger partial charge in [0.1, 0.15) is 6.54 Å². The SMILES string of the molecule is CCN(CC(F)(F)F)C(=O)CCc1ncc(-c2ccc(Cl)cc2)o1. The summed E-state index contributed by atoms with van der Waals surface area (Å²) in [6.45, 7) is 0.261. The standard InChI is InChI=1S/C16H16ClF3N2O2/c1-2-22(10-16(18,19)20)15(23)8-7-14-21-9-13(24-14)11-3-5-12(17)6-4-11/h3-6,9H,2,7-8,10H2,1H3. The minimum absolute atomic E-state index is 0.0000482. The molecule has 2 aromatic rings. The van der Waals surface area contributed by atoms with Gasteiger partial charge in [0.2, 0.25) is 5.91 Å². The maximum atomic E-state index is 12.4. The quantitative estimate of drug-likeness (QED) is 0.770. The lowest BCUT2D eigenvalue weighted by molar-refractivity contribution is -0.160. The molecule has 0 fully saturated rings. The Balaban J connectivity index is 1.95. The fourth-order valence-corrected chi connectivity index (χ4v) is 2.26. The highest BCUT2D eigenvalue weighted by Crippen LogP contribution is 2.23. The molecule has 0 aliphatic rings. The van der Waals surface area contributed by atoms with Crippen LogP contribution >= 0.6 is 11.6 Å². The largest absolute Gasteiger partial charge is 0.441 e. The van der Waals surface area contributed by atoms with Gasteiger partial charge in [0.25, 0.3) is 0 Å². The lowest BCUT2D eigenvalue weighted by Gasteiger charge is -2.21. The maximum Gasteiger partial charge on any atom is 0.406 e. The number of aromatic nitrogens is 1. The number of nitrogens with zero attached hydrogens (tertiary/aromatic N) is 2. The molecule has 0 saturated carbocycles. The molecule has 0 N–H and O–H groups in total. The molecule has 0 aliphatic carbocycles. The van der Waals surface area contributed by atoms with Crippen molar-refractivity contribution in [1.29, 1.82) is 0 Å². The number of halogens is 4. The van der Waals surface area contributed by atoms with Crippen molar-refractivity contribution in [3.63, 3.8) is 0 Å². The van der Waals surface area contributed by atoms with Crippen molar-refractivity contribution in [2.24, 2.45) is 0 Å². The van der Waals surface area contributed by atoms with Crippen molar-refractivity contribution in [1.82, 2.24) is 9.88 Å². The van der Waals surface area contributed by atoms with Crippen LogP contribution in [0.25, 0.3) is 11.3 Å². The van der Waals surface area contributed by atoms with E-state index in [9.17, 15) is 18.0 Å². The maximum absolute atomic E-state index is 12.4. The molecule has 2 rings (SSSR count). The average Bonchev–Trinajstić information content (AvgIpc) is 2.99. The van der Waals surface area contributed by atoms with Crippen molar-refractivity contribution < 1.29 is 22.4 Å². The number of rotatable bonds is 6. The van der Waals surface area contributed by atoms with Gasteiger partial charge in [-0.15, -0.1) is 0 Å². The number of amides is 1. The van der Waals surface area contributed by atoms with Crippen molar-refractivity contribution in [2.45, 2.75) is 25.9 Å². The molecule has 1 heterocycles. The molecule has 130 valence electrons. The average molecular weight is 361 g/mol. The number of carbonyl (C=O) groups excluding carboxylic acids is 1. The van der Waals surface area contributed by atoms with Gasteiger partial charge in [0, 0.05) is 30.0 Å². The summed E-state index contributed by atoms with van der Waals surface area (Å²) in [7, 11) is 0. The van der Waals surface area contributed by atoms with E-state index < -0.39 is 18.6 Å². The van der Waals surface area contributed by atoms with Gasteiger partial charge >= 0.3 is 6.18 Å². The van der Waals surface area contributed by atoms with Crippen LogP contribution < -0.4 is 0 Å². The Kier molecular flexibility index (Phi) is 5.88. The monoisotopic (exact) mass is 360 g/mol. The van der Waals surface area contributed by atoms with E-state index in [0.717, 1.165) is 10.5 Å². The summed E-state index contributed by atoms with van der Waals surface area (Å²) in [5, 5.41) is 0.591. The Bertz CT molecular complexity index is 683. The zero-order valence-corrected chi connectivity index (χ0v) is 13.7. The third kappa shape index (κ3) is 5.26. The topological polar surface area (TPSA) is 46.3 Å². The van der Waals surface area contributed by atoms with Crippen LogP contribution in [0.2, 0.25) is 5.02 Å². The summed E-state index contributed by atoms with van der Waals surface area (Å²) < 4.78 is 42.7. The molecular weight excluding hydrogens is 345 g/mol. The fourth-order valence-electron chi connectivity index (χ4n) is 2.14. The van der Waals surface area contributed by atoms with Gasteiger partial charge < -0.3 is 9.32 Å². The molecule has 24 heavy (non-hydrogen) atoms. The van der Waals surface area contributed by atoms with E-state index in [1.54, 1.807) is 24.3 Å². The summed E-state index contributed by atoms with van der Waals surface area (Å²) in [6.07, 6.45) is -2.85. The van der Waals surface area contributed by atoms with E-state index >= 15 is 0 Å². The number of aryl methyl sites for hydroxylation is 1. The van der Waals surface area contributed by atoms with Crippen LogP contribution in [0, 0.1) is 0 Å². The normalized spacial score (nSPS) is 11.5. The molecule has 0 aliphatic heterocycles. The van der Waals surface area contributed by atoms with E-state index in [0.29, 0.717) is 16.7 Å². The molecule has 1 amide bonds. The second-order valence-corrected chi connectivity index (χ2v) is 5.58. The zero-order valence-electron chi connectivity index (χ0n) is 12.9. The summed E-state index contributed by atoms with van der Waals surface area (Å²) in [5.74, 6) is 0.231. The summed E-state index contributed by atoms with van der Waals surface area (Å²) in [6, 6.07) is 6.94. The van der Waals surface area contributed by atoms with Crippen LogP contribution in [-0.2, 0) is 11.2 Å². The molecule has 0 atom stereocenters. The first-order chi connectivity index (χ1) is 11.3. The zero-order chi connectivity index (χ0) is 17.7. The molecule has 0 saturated heterocycles. The molecule has 8 heteroatoms. The van der Waals surface area contributed by atoms with Gasteiger partial charge in [-0.3, -0.25) is 4.79 Å². The second kappa shape index (κ2) is 7.70. The lowest BCUT2D eigenvalue weighted by atomic mass is 10.2. The number of benzene rings is 1. The van der Waals surface area contributed by atoms with Gasteiger partial charge in [0.05, 0.1) is 6.20 Å². The first kappa shape index (κ1) is 18.3. The Morgan fingerprint density at radius 1 is 1.29 bits per heavy atom. The third-order valence-corrected chi connectivity index (χ3v) is 3.59. The van der Waals surface area contributed by atoms with E-state index in [4.69, 9.17) is 16.0 Å². The van der Waals surface area contributed by atoms with Crippen LogP contribution in [0.1, 0.15) is 19.2 Å². The smallest absolute Gasteiger partial charge is 0.406 e. The van der Waals surface area contributed by atoms with E-state index in [-0.39, 0.29) is 19.4 Å². The van der Waals surface area contributed by atoms with Crippen molar-refractivity contribution in [3.8, 4) is 11.3 Å². The van der Waals surface area contributed by atoms with Crippen molar-refractivity contribution in [2.75, 3.05) is 13.1 Å². The Morgan fingerprint density at radius 3 is 2.54 bits per heavy atom. The van der Waals surface area contributed by atoms with E-state index in [2.05, 4.69) is 4.98 Å². The van der Waals surface area contributed by atoms with Crippen molar-refractivity contribution in [3.05, 3.63) is 41.4 Å². The Labute approximate surface area is 142 Å². The number of alkyl halides is 3. The highest BCUT2D eigenvalue weighted by Gasteiger charge is 2.32. The minimum atomic E-state index is -4.41. The Hall–Kier alpha value is -2.02. The first-order valence-corrected chi connectivity index (χ1v) is 7.71. The van der Waals surface area contributed by atoms with Crippen LogP contribution in [0.5, 0.6) is 0 Å². The molecule has 0 radical (unpaired) electrons. The molecule has 0 spiro atoms. The third-order valence-electron chi connectivity index (χ3n) is 3.34. The summed E-state index contributed by atoms with van der Waals surface area (Å²) in [4.78, 5) is 16.7. The second-order valence-electron chi connectivity index (χ2n) is 5.15. The van der Waals surface area contributed by atoms with Crippen molar-refractivity contribution >= 4 is 17.5 Å². The number of carbonyl (C=O) groups is 1. The number of hydrogen-bond donors (Lipinski definition) is 0. The number of hydrogen-bond acceptors (Lipinski definition) is 3. The molecule has 0 bridgehead atoms. The van der Waals surface area contributed by atoms with Gasteiger partial charge in [-0.1, -0.05) is 11.6 Å². The van der Waals surface area contributed by atoms with Crippen LogP contribution in [0.15, 0.2) is 34.9 Å². The van der Waals surface area contributed by atoms with Gasteiger partial charge in [-0.25, -0.2) is 4.98 Å². The van der Waals surface area contributed by atoms with E-state index in [1.807, 2.05) is 0 Å². The molecule has 1 aromatic carbocycles. The van der Waals surface area contributed by atoms with Gasteiger partial charge in [-0.2, -0.15) is 13.2 Å². The molecule has 4 nitrogen and oxygen atoms in total. The predicted octanol–water partition coefficient (Wildman–Crippen LogP) is 4.34. The fraction of sp³-hybridized carbons (Fsp3) is 0.375. The predicted molar refractivity (Wildman–Crippen MR) is 83.6 cm³/mol. The van der Waals surface area contributed by atoms with Crippen LogP contribution in [0.3, 0.4) is 0 Å². The highest BCUT2D eigenvalue weighted by molar-refractivity contribution is 6.30.